The molecule has 2 aromatic rings. The number of aromatic nitrogens is 2. The van der Waals surface area contributed by atoms with E-state index in [2.05, 4.69) is 15.3 Å². The Morgan fingerprint density at radius 3 is 2.90 bits per heavy atom. The van der Waals surface area contributed by atoms with Crippen LogP contribution in [0.4, 0.5) is 4.39 Å². The molecule has 0 aliphatic carbocycles. The largest absolute Gasteiger partial charge is 0.486 e. The molecule has 1 aromatic carbocycles. The van der Waals surface area contributed by atoms with Crippen LogP contribution < -0.4 is 15.6 Å². The highest BCUT2D eigenvalue weighted by Gasteiger charge is 2.15. The Balaban J connectivity index is 1.76. The van der Waals surface area contributed by atoms with Gasteiger partial charge in [-0.15, -0.1) is 0 Å². The Kier molecular flexibility index (Phi) is 3.47. The van der Waals surface area contributed by atoms with E-state index in [1.165, 1.54) is 24.3 Å². The zero-order valence-corrected chi connectivity index (χ0v) is 10.8. The maximum absolute atomic E-state index is 12.8. The van der Waals surface area contributed by atoms with Crippen LogP contribution in [0.2, 0.25) is 0 Å². The van der Waals surface area contributed by atoms with Crippen molar-refractivity contribution in [1.29, 1.82) is 0 Å². The van der Waals surface area contributed by atoms with Gasteiger partial charge in [0.05, 0.1) is 5.69 Å². The Bertz CT molecular complexity index is 667. The van der Waals surface area contributed by atoms with Gasteiger partial charge in [0.25, 0.3) is 5.56 Å². The molecule has 0 radical (unpaired) electrons. The molecule has 6 heteroatoms. The molecule has 0 atom stereocenters. The molecule has 1 aliphatic heterocycles. The SMILES string of the molecule is O=c1[nH]c(COc2ccc(F)cc2)nc2c1CCNC2. The maximum atomic E-state index is 12.8. The van der Waals surface area contributed by atoms with Crippen LogP contribution in [0, 0.1) is 5.82 Å². The minimum absolute atomic E-state index is 0.103. The number of nitrogens with zero attached hydrogens (tertiary/aromatic N) is 1. The Morgan fingerprint density at radius 2 is 2.10 bits per heavy atom. The van der Waals surface area contributed by atoms with E-state index in [0.717, 1.165) is 17.8 Å². The molecule has 5 nitrogen and oxygen atoms in total. The van der Waals surface area contributed by atoms with Gasteiger partial charge < -0.3 is 15.0 Å². The first kappa shape index (κ1) is 12.8. The summed E-state index contributed by atoms with van der Waals surface area (Å²) in [6.07, 6.45) is 0.691. The average molecular weight is 275 g/mol. The van der Waals surface area contributed by atoms with E-state index in [9.17, 15) is 9.18 Å². The van der Waals surface area contributed by atoms with Crippen molar-refractivity contribution in [2.75, 3.05) is 6.54 Å². The number of hydrogen-bond acceptors (Lipinski definition) is 4. The van der Waals surface area contributed by atoms with Crippen molar-refractivity contribution >= 4 is 0 Å². The van der Waals surface area contributed by atoms with Crippen molar-refractivity contribution in [1.82, 2.24) is 15.3 Å². The number of ether oxygens (including phenoxy) is 1. The Hall–Kier alpha value is -2.21. The molecule has 1 aliphatic rings. The zero-order chi connectivity index (χ0) is 13.9. The van der Waals surface area contributed by atoms with E-state index in [0.29, 0.717) is 24.5 Å². The summed E-state index contributed by atoms with van der Waals surface area (Å²) < 4.78 is 18.2. The van der Waals surface area contributed by atoms with Gasteiger partial charge in [-0.05, 0) is 37.2 Å². The number of hydrogen-bond donors (Lipinski definition) is 2. The number of H-pyrrole nitrogens is 1. The molecule has 20 heavy (non-hydrogen) atoms. The van der Waals surface area contributed by atoms with E-state index >= 15 is 0 Å². The van der Waals surface area contributed by atoms with Crippen molar-refractivity contribution in [2.45, 2.75) is 19.6 Å². The lowest BCUT2D eigenvalue weighted by Crippen LogP contribution is -2.32. The summed E-state index contributed by atoms with van der Waals surface area (Å²) in [6, 6.07) is 5.71. The molecule has 104 valence electrons. The molecule has 0 bridgehead atoms. The minimum Gasteiger partial charge on any atom is -0.486 e. The third kappa shape index (κ3) is 2.70. The summed E-state index contributed by atoms with van der Waals surface area (Å²) in [7, 11) is 0. The lowest BCUT2D eigenvalue weighted by Gasteiger charge is -2.16. The van der Waals surface area contributed by atoms with Gasteiger partial charge in [-0.25, -0.2) is 9.37 Å². The lowest BCUT2D eigenvalue weighted by atomic mass is 10.1. The van der Waals surface area contributed by atoms with E-state index in [-0.39, 0.29) is 18.0 Å². The van der Waals surface area contributed by atoms with Crippen molar-refractivity contribution in [3.05, 3.63) is 57.5 Å². The first-order chi connectivity index (χ1) is 9.72. The van der Waals surface area contributed by atoms with Gasteiger partial charge in [-0.3, -0.25) is 4.79 Å². The van der Waals surface area contributed by atoms with E-state index in [1.807, 2.05) is 0 Å². The fourth-order valence-corrected chi connectivity index (χ4v) is 2.17. The van der Waals surface area contributed by atoms with Gasteiger partial charge in [-0.1, -0.05) is 0 Å². The van der Waals surface area contributed by atoms with Crippen LogP contribution >= 0.6 is 0 Å². The quantitative estimate of drug-likeness (QED) is 0.881. The first-order valence-electron chi connectivity index (χ1n) is 6.42. The Labute approximate surface area is 114 Å². The first-order valence-corrected chi connectivity index (χ1v) is 6.42. The van der Waals surface area contributed by atoms with Crippen LogP contribution in [0.3, 0.4) is 0 Å². The fraction of sp³-hybridized carbons (Fsp3) is 0.286. The predicted octanol–water partition coefficient (Wildman–Crippen LogP) is 1.13. The summed E-state index contributed by atoms with van der Waals surface area (Å²) in [5.41, 5.74) is 1.42. The molecule has 3 rings (SSSR count). The summed E-state index contributed by atoms with van der Waals surface area (Å²) in [5, 5.41) is 3.18. The fourth-order valence-electron chi connectivity index (χ4n) is 2.17. The normalized spacial score (nSPS) is 13.8. The minimum atomic E-state index is -0.316. The van der Waals surface area contributed by atoms with Gasteiger partial charge in [0, 0.05) is 12.1 Å². The van der Waals surface area contributed by atoms with Crippen LogP contribution in [-0.4, -0.2) is 16.5 Å². The van der Waals surface area contributed by atoms with Gasteiger partial charge in [0.2, 0.25) is 0 Å². The van der Waals surface area contributed by atoms with Crippen LogP contribution in [0.15, 0.2) is 29.1 Å². The zero-order valence-electron chi connectivity index (χ0n) is 10.8. The second-order valence-corrected chi connectivity index (χ2v) is 4.61. The summed E-state index contributed by atoms with van der Waals surface area (Å²) in [5.74, 6) is 0.690. The Morgan fingerprint density at radius 1 is 1.30 bits per heavy atom. The molecule has 2 N–H and O–H groups in total. The highest BCUT2D eigenvalue weighted by Crippen LogP contribution is 2.13. The summed E-state index contributed by atoms with van der Waals surface area (Å²) in [4.78, 5) is 19.0. The van der Waals surface area contributed by atoms with Crippen molar-refractivity contribution in [3.8, 4) is 5.75 Å². The molecule has 0 amide bonds. The summed E-state index contributed by atoms with van der Waals surface area (Å²) >= 11 is 0. The molecule has 0 saturated carbocycles. The standard InChI is InChI=1S/C14H14FN3O2/c15-9-1-3-10(4-2-9)20-8-13-17-12-7-16-6-5-11(12)14(19)18-13/h1-4,16H,5-8H2,(H,17,18,19). The second-order valence-electron chi connectivity index (χ2n) is 4.61. The number of fused-ring (bicyclic) bond motifs is 1. The second kappa shape index (κ2) is 5.42. The number of halogens is 1. The number of nitrogens with one attached hydrogen (secondary N) is 2. The number of rotatable bonds is 3. The van der Waals surface area contributed by atoms with E-state index in [4.69, 9.17) is 4.74 Å². The third-order valence-electron chi connectivity index (χ3n) is 3.18. The van der Waals surface area contributed by atoms with E-state index in [1.54, 1.807) is 0 Å². The third-order valence-corrected chi connectivity index (χ3v) is 3.18. The van der Waals surface area contributed by atoms with Gasteiger partial charge in [-0.2, -0.15) is 0 Å². The molecule has 1 aromatic heterocycles. The molecular weight excluding hydrogens is 261 g/mol. The molecule has 0 spiro atoms. The lowest BCUT2D eigenvalue weighted by molar-refractivity contribution is 0.294. The predicted molar refractivity (Wildman–Crippen MR) is 71.0 cm³/mol. The molecular formula is C14H14FN3O2. The topological polar surface area (TPSA) is 67.0 Å². The smallest absolute Gasteiger partial charge is 0.254 e. The molecule has 2 heterocycles. The van der Waals surface area contributed by atoms with Crippen molar-refractivity contribution < 1.29 is 9.13 Å². The van der Waals surface area contributed by atoms with Gasteiger partial charge >= 0.3 is 0 Å². The van der Waals surface area contributed by atoms with Crippen LogP contribution in [-0.2, 0) is 19.6 Å². The molecule has 0 unspecified atom stereocenters. The van der Waals surface area contributed by atoms with Crippen molar-refractivity contribution in [3.63, 3.8) is 0 Å². The average Bonchev–Trinajstić information content (AvgIpc) is 2.47. The molecule has 0 saturated heterocycles. The van der Waals surface area contributed by atoms with Gasteiger partial charge in [0.1, 0.15) is 24.0 Å². The highest BCUT2D eigenvalue weighted by molar-refractivity contribution is 5.23. The molecule has 0 fully saturated rings. The summed E-state index contributed by atoms with van der Waals surface area (Å²) in [6.45, 7) is 1.54. The van der Waals surface area contributed by atoms with Gasteiger partial charge in [0.15, 0.2) is 0 Å². The highest BCUT2D eigenvalue weighted by atomic mass is 19.1. The van der Waals surface area contributed by atoms with E-state index < -0.39 is 0 Å². The van der Waals surface area contributed by atoms with Crippen molar-refractivity contribution in [2.24, 2.45) is 0 Å². The van der Waals surface area contributed by atoms with Crippen LogP contribution in [0.5, 0.6) is 5.75 Å². The number of benzene rings is 1. The number of aromatic amines is 1. The van der Waals surface area contributed by atoms with Crippen LogP contribution in [0.25, 0.3) is 0 Å². The maximum Gasteiger partial charge on any atom is 0.254 e. The monoisotopic (exact) mass is 275 g/mol. The van der Waals surface area contributed by atoms with Crippen LogP contribution in [0.1, 0.15) is 17.1 Å².